The summed E-state index contributed by atoms with van der Waals surface area (Å²) in [6.07, 6.45) is 15.4. The molecule has 20 heavy (non-hydrogen) atoms. The maximum Gasteiger partial charge on any atom is 0.303 e. The molecule has 2 N–H and O–H groups in total. The van der Waals surface area contributed by atoms with Gasteiger partial charge in [0.1, 0.15) is 0 Å². The van der Waals surface area contributed by atoms with Gasteiger partial charge in [-0.1, -0.05) is 78.1 Å². The molecule has 0 atom stereocenters. The summed E-state index contributed by atoms with van der Waals surface area (Å²) in [5, 5.41) is 16.6. The summed E-state index contributed by atoms with van der Waals surface area (Å²) in [7, 11) is 0. The molecule has 0 aliphatic carbocycles. The number of hydrogen-bond donors (Lipinski definition) is 2. The molecule has 0 fully saturated rings. The molecule has 0 aliphatic rings. The fourth-order valence-electron chi connectivity index (χ4n) is 1.93. The van der Waals surface area contributed by atoms with E-state index in [0.717, 1.165) is 19.3 Å². The summed E-state index contributed by atoms with van der Waals surface area (Å²) in [5.74, 6) is -0.693. The van der Waals surface area contributed by atoms with E-state index in [0.29, 0.717) is 13.0 Å². The summed E-state index contributed by atoms with van der Waals surface area (Å²) < 4.78 is 0. The number of unbranched alkanes of at least 4 members (excludes halogenated alkanes) is 10. The normalized spacial score (nSPS) is 9.95. The molecule has 0 saturated heterocycles. The van der Waals surface area contributed by atoms with Gasteiger partial charge in [0.05, 0.1) is 0 Å². The van der Waals surface area contributed by atoms with E-state index in [2.05, 4.69) is 6.92 Å². The van der Waals surface area contributed by atoms with Crippen LogP contribution in [0.2, 0.25) is 0 Å². The van der Waals surface area contributed by atoms with E-state index in [4.69, 9.17) is 10.2 Å². The van der Waals surface area contributed by atoms with Gasteiger partial charge in [0.2, 0.25) is 0 Å². The maximum absolute atomic E-state index is 9.76. The van der Waals surface area contributed by atoms with Gasteiger partial charge in [-0.25, -0.2) is 0 Å². The Labute approximate surface area is 125 Å². The zero-order valence-corrected chi connectivity index (χ0v) is 13.7. The minimum absolute atomic E-state index is 0.316. The quantitative estimate of drug-likeness (QED) is 0.460. The van der Waals surface area contributed by atoms with E-state index < -0.39 is 5.97 Å². The maximum atomic E-state index is 9.76. The van der Waals surface area contributed by atoms with E-state index in [1.165, 1.54) is 57.8 Å². The predicted molar refractivity (Wildman–Crippen MR) is 86.1 cm³/mol. The Morgan fingerprint density at radius 3 is 1.40 bits per heavy atom. The minimum atomic E-state index is -0.693. The van der Waals surface area contributed by atoms with Gasteiger partial charge in [0, 0.05) is 13.0 Å². The first-order valence-electron chi connectivity index (χ1n) is 8.51. The van der Waals surface area contributed by atoms with Crippen LogP contribution in [0.15, 0.2) is 0 Å². The third-order valence-electron chi connectivity index (χ3n) is 3.26. The summed E-state index contributed by atoms with van der Waals surface area (Å²) in [6.45, 7) is 4.61. The second-order valence-corrected chi connectivity index (χ2v) is 5.40. The predicted octanol–water partition coefficient (Wildman–Crippen LogP) is 5.16. The van der Waals surface area contributed by atoms with Crippen LogP contribution < -0.4 is 0 Å². The molecule has 0 aliphatic heterocycles. The Morgan fingerprint density at radius 1 is 0.700 bits per heavy atom. The molecule has 0 radical (unpaired) electrons. The van der Waals surface area contributed by atoms with Crippen LogP contribution in [0.5, 0.6) is 0 Å². The Hall–Kier alpha value is -0.570. The molecule has 0 heterocycles. The van der Waals surface area contributed by atoms with Crippen molar-refractivity contribution in [1.82, 2.24) is 0 Å². The lowest BCUT2D eigenvalue weighted by Crippen LogP contribution is -1.91. The van der Waals surface area contributed by atoms with E-state index in [9.17, 15) is 4.79 Å². The average molecular weight is 288 g/mol. The number of carboxylic acids is 1. The van der Waals surface area contributed by atoms with E-state index >= 15 is 0 Å². The molecule has 0 aromatic heterocycles. The molecule has 0 aromatic carbocycles. The zero-order chi connectivity index (χ0) is 15.5. The molecular formula is C17H36O3. The Kier molecular flexibility index (Phi) is 22.5. The Bertz CT molecular complexity index is 171. The smallest absolute Gasteiger partial charge is 0.303 e. The molecule has 3 heteroatoms. The van der Waals surface area contributed by atoms with Crippen molar-refractivity contribution >= 4 is 5.97 Å². The van der Waals surface area contributed by atoms with Crippen molar-refractivity contribution in [3.8, 4) is 0 Å². The van der Waals surface area contributed by atoms with Crippen molar-refractivity contribution < 1.29 is 15.0 Å². The van der Waals surface area contributed by atoms with Gasteiger partial charge >= 0.3 is 5.97 Å². The van der Waals surface area contributed by atoms with Crippen LogP contribution in [-0.4, -0.2) is 22.8 Å². The lowest BCUT2D eigenvalue weighted by atomic mass is 10.1. The fourth-order valence-corrected chi connectivity index (χ4v) is 1.93. The van der Waals surface area contributed by atoms with Gasteiger partial charge in [0.15, 0.2) is 0 Å². The lowest BCUT2D eigenvalue weighted by molar-refractivity contribution is -0.137. The Balaban J connectivity index is 0. The van der Waals surface area contributed by atoms with Gasteiger partial charge in [-0.15, -0.1) is 0 Å². The lowest BCUT2D eigenvalue weighted by Gasteiger charge is -2.00. The number of aliphatic carboxylic acids is 1. The molecule has 122 valence electrons. The first kappa shape index (κ1) is 21.7. The van der Waals surface area contributed by atoms with Crippen molar-refractivity contribution in [2.45, 2.75) is 97.3 Å². The SMILES string of the molecule is CCCCC(=O)O.CCCCCCCCCCCCO. The molecule has 0 bridgehead atoms. The highest BCUT2D eigenvalue weighted by atomic mass is 16.4. The molecule has 3 nitrogen and oxygen atoms in total. The highest BCUT2D eigenvalue weighted by molar-refractivity contribution is 5.66. The number of aliphatic hydroxyl groups is 1. The number of carbonyl (C=O) groups is 1. The summed E-state index contributed by atoms with van der Waals surface area (Å²) in [4.78, 5) is 9.76. The topological polar surface area (TPSA) is 57.5 Å². The largest absolute Gasteiger partial charge is 0.481 e. The van der Waals surface area contributed by atoms with Crippen LogP contribution in [-0.2, 0) is 4.79 Å². The highest BCUT2D eigenvalue weighted by Gasteiger charge is 1.91. The third kappa shape index (κ3) is 26.1. The second kappa shape index (κ2) is 20.7. The Morgan fingerprint density at radius 2 is 1.10 bits per heavy atom. The number of carboxylic acid groups (broad SMARTS) is 1. The highest BCUT2D eigenvalue weighted by Crippen LogP contribution is 2.09. The summed E-state index contributed by atoms with van der Waals surface area (Å²) >= 11 is 0. The van der Waals surface area contributed by atoms with E-state index in [-0.39, 0.29) is 0 Å². The van der Waals surface area contributed by atoms with Crippen LogP contribution in [0.4, 0.5) is 0 Å². The van der Waals surface area contributed by atoms with Gasteiger partial charge in [0.25, 0.3) is 0 Å². The fraction of sp³-hybridized carbons (Fsp3) is 0.941. The molecule has 0 aromatic rings. The van der Waals surface area contributed by atoms with Crippen LogP contribution in [0, 0.1) is 0 Å². The third-order valence-corrected chi connectivity index (χ3v) is 3.26. The molecule has 0 saturated carbocycles. The van der Waals surface area contributed by atoms with Gasteiger partial charge < -0.3 is 10.2 Å². The second-order valence-electron chi connectivity index (χ2n) is 5.40. The van der Waals surface area contributed by atoms with Crippen LogP contribution in [0.3, 0.4) is 0 Å². The van der Waals surface area contributed by atoms with Crippen LogP contribution in [0.1, 0.15) is 97.3 Å². The van der Waals surface area contributed by atoms with Crippen molar-refractivity contribution in [3.05, 3.63) is 0 Å². The molecule has 0 amide bonds. The van der Waals surface area contributed by atoms with Crippen molar-refractivity contribution in [2.24, 2.45) is 0 Å². The van der Waals surface area contributed by atoms with Crippen LogP contribution >= 0.6 is 0 Å². The van der Waals surface area contributed by atoms with Crippen molar-refractivity contribution in [3.63, 3.8) is 0 Å². The van der Waals surface area contributed by atoms with Crippen molar-refractivity contribution in [2.75, 3.05) is 6.61 Å². The zero-order valence-electron chi connectivity index (χ0n) is 13.7. The molecular weight excluding hydrogens is 252 g/mol. The van der Waals surface area contributed by atoms with Crippen LogP contribution in [0.25, 0.3) is 0 Å². The van der Waals surface area contributed by atoms with Gasteiger partial charge in [-0.2, -0.15) is 0 Å². The molecule has 0 spiro atoms. The first-order valence-corrected chi connectivity index (χ1v) is 8.51. The van der Waals surface area contributed by atoms with Crippen molar-refractivity contribution in [1.29, 1.82) is 0 Å². The standard InChI is InChI=1S/C12H26O.C5H10O2/c1-2-3-4-5-6-7-8-9-10-11-12-13;1-2-3-4-5(6)7/h13H,2-12H2,1H3;2-4H2,1H3,(H,6,7). The molecule has 0 unspecified atom stereocenters. The molecule has 0 rings (SSSR count). The number of rotatable bonds is 13. The number of aliphatic hydroxyl groups excluding tert-OH is 1. The van der Waals surface area contributed by atoms with Gasteiger partial charge in [-0.3, -0.25) is 4.79 Å². The van der Waals surface area contributed by atoms with Gasteiger partial charge in [-0.05, 0) is 12.8 Å². The van der Waals surface area contributed by atoms with E-state index in [1.807, 2.05) is 6.92 Å². The van der Waals surface area contributed by atoms with E-state index in [1.54, 1.807) is 0 Å². The average Bonchev–Trinajstić information content (AvgIpc) is 2.44. The monoisotopic (exact) mass is 288 g/mol. The summed E-state index contributed by atoms with van der Waals surface area (Å²) in [5.41, 5.74) is 0. The minimum Gasteiger partial charge on any atom is -0.481 e. The first-order chi connectivity index (χ1) is 9.68. The summed E-state index contributed by atoms with van der Waals surface area (Å²) in [6, 6.07) is 0. The number of hydrogen-bond acceptors (Lipinski definition) is 2.